The van der Waals surface area contributed by atoms with E-state index >= 15 is 0 Å². The smallest absolute Gasteiger partial charge is 0.388 e. The molecular weight excluding hydrogens is 229 g/mol. The van der Waals surface area contributed by atoms with Crippen molar-refractivity contribution in [2.24, 2.45) is 0 Å². The van der Waals surface area contributed by atoms with Gasteiger partial charge in [-0.05, 0) is 55.5 Å². The highest BCUT2D eigenvalue weighted by atomic mass is 19.4. The van der Waals surface area contributed by atoms with E-state index in [4.69, 9.17) is 0 Å². The second kappa shape index (κ2) is 4.69. The minimum absolute atomic E-state index is 0.417. The Morgan fingerprint density at radius 3 is 1.82 bits per heavy atom. The maximum Gasteiger partial charge on any atom is 0.391 e. The number of aliphatic hydroxyl groups is 1. The molecule has 0 aliphatic carbocycles. The Morgan fingerprint density at radius 2 is 1.47 bits per heavy atom. The molecule has 1 unspecified atom stereocenters. The van der Waals surface area contributed by atoms with Crippen LogP contribution in [0.4, 0.5) is 13.2 Å². The summed E-state index contributed by atoms with van der Waals surface area (Å²) in [5.74, 6) is 0. The number of benzene rings is 1. The van der Waals surface area contributed by atoms with Crippen LogP contribution in [-0.4, -0.2) is 11.3 Å². The van der Waals surface area contributed by atoms with E-state index in [1.807, 2.05) is 19.9 Å². The molecule has 0 saturated carbocycles. The summed E-state index contributed by atoms with van der Waals surface area (Å²) in [6, 6.07) is 1.93. The topological polar surface area (TPSA) is 20.2 Å². The zero-order valence-electron chi connectivity index (χ0n) is 10.4. The first kappa shape index (κ1) is 14.0. The van der Waals surface area contributed by atoms with E-state index < -0.39 is 18.7 Å². The lowest BCUT2D eigenvalue weighted by atomic mass is 9.90. The molecule has 1 N–H and O–H groups in total. The van der Waals surface area contributed by atoms with Gasteiger partial charge in [0.05, 0.1) is 12.5 Å². The van der Waals surface area contributed by atoms with Crippen LogP contribution >= 0.6 is 0 Å². The molecule has 1 rings (SSSR count). The first-order valence-electron chi connectivity index (χ1n) is 5.45. The minimum atomic E-state index is -4.35. The number of alkyl halides is 3. The minimum Gasteiger partial charge on any atom is -0.388 e. The Kier molecular flexibility index (Phi) is 3.87. The van der Waals surface area contributed by atoms with Crippen molar-refractivity contribution < 1.29 is 18.3 Å². The number of aryl methyl sites for hydroxylation is 2. The Balaban J connectivity index is 3.21. The van der Waals surface area contributed by atoms with Gasteiger partial charge in [-0.2, -0.15) is 13.2 Å². The van der Waals surface area contributed by atoms with Crippen LogP contribution < -0.4 is 0 Å². The first-order chi connectivity index (χ1) is 7.63. The summed E-state index contributed by atoms with van der Waals surface area (Å²) in [6.07, 6.45) is -7.03. The normalized spacial score (nSPS) is 13.9. The highest BCUT2D eigenvalue weighted by molar-refractivity contribution is 5.45. The number of aliphatic hydroxyl groups excluding tert-OH is 1. The lowest BCUT2D eigenvalue weighted by molar-refractivity contribution is -0.154. The van der Waals surface area contributed by atoms with E-state index in [1.165, 1.54) is 0 Å². The van der Waals surface area contributed by atoms with Gasteiger partial charge in [0.25, 0.3) is 0 Å². The molecule has 4 heteroatoms. The van der Waals surface area contributed by atoms with Crippen LogP contribution in [0.25, 0.3) is 0 Å². The van der Waals surface area contributed by atoms with Gasteiger partial charge >= 0.3 is 6.18 Å². The van der Waals surface area contributed by atoms with Crippen LogP contribution in [0.3, 0.4) is 0 Å². The standard InChI is InChI=1S/C13H17F3O/c1-7-5-8(2)10(4)12(9(7)3)11(17)6-13(14,15)16/h5,11,17H,6H2,1-4H3. The fraction of sp³-hybridized carbons (Fsp3) is 0.538. The van der Waals surface area contributed by atoms with Crippen LogP contribution in [0, 0.1) is 27.7 Å². The van der Waals surface area contributed by atoms with E-state index in [1.54, 1.807) is 13.8 Å². The second-order valence-electron chi connectivity index (χ2n) is 4.51. The molecule has 0 amide bonds. The lowest BCUT2D eigenvalue weighted by Crippen LogP contribution is -2.16. The fourth-order valence-corrected chi connectivity index (χ4v) is 2.07. The van der Waals surface area contributed by atoms with Gasteiger partial charge in [0.1, 0.15) is 0 Å². The quantitative estimate of drug-likeness (QED) is 0.838. The van der Waals surface area contributed by atoms with E-state index in [9.17, 15) is 18.3 Å². The summed E-state index contributed by atoms with van der Waals surface area (Å²) in [6.45, 7) is 7.17. The largest absolute Gasteiger partial charge is 0.391 e. The summed E-state index contributed by atoms with van der Waals surface area (Å²) in [5.41, 5.74) is 3.71. The van der Waals surface area contributed by atoms with Gasteiger partial charge in [0.2, 0.25) is 0 Å². The molecule has 0 saturated heterocycles. The maximum atomic E-state index is 12.3. The van der Waals surface area contributed by atoms with Gasteiger partial charge < -0.3 is 5.11 Å². The number of rotatable bonds is 2. The predicted octanol–water partition coefficient (Wildman–Crippen LogP) is 3.91. The van der Waals surface area contributed by atoms with Crippen molar-refractivity contribution in [3.8, 4) is 0 Å². The van der Waals surface area contributed by atoms with Gasteiger partial charge in [-0.25, -0.2) is 0 Å². The number of halogens is 3. The van der Waals surface area contributed by atoms with Gasteiger partial charge in [0, 0.05) is 0 Å². The highest BCUT2D eigenvalue weighted by Crippen LogP contribution is 2.34. The molecule has 96 valence electrons. The number of hydrogen-bond acceptors (Lipinski definition) is 1. The molecule has 0 aliphatic heterocycles. The van der Waals surface area contributed by atoms with Crippen LogP contribution in [0.1, 0.15) is 40.3 Å². The van der Waals surface area contributed by atoms with E-state index in [-0.39, 0.29) is 0 Å². The van der Waals surface area contributed by atoms with Crippen molar-refractivity contribution in [1.82, 2.24) is 0 Å². The lowest BCUT2D eigenvalue weighted by Gasteiger charge is -2.21. The average Bonchev–Trinajstić information content (AvgIpc) is 2.12. The Bertz CT molecular complexity index is 395. The molecule has 0 aliphatic rings. The van der Waals surface area contributed by atoms with E-state index in [0.29, 0.717) is 5.56 Å². The maximum absolute atomic E-state index is 12.3. The molecule has 1 atom stereocenters. The van der Waals surface area contributed by atoms with Gasteiger partial charge in [0.15, 0.2) is 0 Å². The summed E-state index contributed by atoms with van der Waals surface area (Å²) < 4.78 is 36.9. The van der Waals surface area contributed by atoms with Crippen molar-refractivity contribution >= 4 is 0 Å². The molecule has 0 fully saturated rings. The Hall–Kier alpha value is -1.03. The van der Waals surface area contributed by atoms with Crippen LogP contribution in [0.15, 0.2) is 6.07 Å². The van der Waals surface area contributed by atoms with Gasteiger partial charge in [-0.15, -0.1) is 0 Å². The third-order valence-corrected chi connectivity index (χ3v) is 3.18. The van der Waals surface area contributed by atoms with Crippen LogP contribution in [0.5, 0.6) is 0 Å². The van der Waals surface area contributed by atoms with Crippen molar-refractivity contribution in [2.45, 2.75) is 46.4 Å². The van der Waals surface area contributed by atoms with Crippen molar-refractivity contribution in [3.05, 3.63) is 33.9 Å². The first-order valence-corrected chi connectivity index (χ1v) is 5.45. The molecule has 17 heavy (non-hydrogen) atoms. The zero-order valence-corrected chi connectivity index (χ0v) is 10.4. The van der Waals surface area contributed by atoms with Crippen molar-refractivity contribution in [1.29, 1.82) is 0 Å². The van der Waals surface area contributed by atoms with Crippen molar-refractivity contribution in [2.75, 3.05) is 0 Å². The zero-order chi connectivity index (χ0) is 13.4. The highest BCUT2D eigenvalue weighted by Gasteiger charge is 2.33. The molecule has 1 nitrogen and oxygen atoms in total. The SMILES string of the molecule is Cc1cc(C)c(C)c(C(O)CC(F)(F)F)c1C. The third-order valence-electron chi connectivity index (χ3n) is 3.18. The second-order valence-corrected chi connectivity index (χ2v) is 4.51. The summed E-state index contributed by atoms with van der Waals surface area (Å²) in [4.78, 5) is 0. The molecule has 0 heterocycles. The molecule has 0 spiro atoms. The predicted molar refractivity (Wildman–Crippen MR) is 61.0 cm³/mol. The molecule has 0 radical (unpaired) electrons. The number of hydrogen-bond donors (Lipinski definition) is 1. The van der Waals surface area contributed by atoms with Crippen LogP contribution in [-0.2, 0) is 0 Å². The monoisotopic (exact) mass is 246 g/mol. The summed E-state index contributed by atoms with van der Waals surface area (Å²) in [7, 11) is 0. The Morgan fingerprint density at radius 1 is 1.06 bits per heavy atom. The molecule has 0 aromatic heterocycles. The summed E-state index contributed by atoms with van der Waals surface area (Å²) in [5, 5.41) is 9.75. The van der Waals surface area contributed by atoms with E-state index in [2.05, 4.69) is 0 Å². The van der Waals surface area contributed by atoms with Crippen molar-refractivity contribution in [3.63, 3.8) is 0 Å². The Labute approximate surface area is 99.3 Å². The third kappa shape index (κ3) is 3.22. The average molecular weight is 246 g/mol. The van der Waals surface area contributed by atoms with Gasteiger partial charge in [-0.1, -0.05) is 6.07 Å². The van der Waals surface area contributed by atoms with Crippen LogP contribution in [0.2, 0.25) is 0 Å². The molecule has 0 bridgehead atoms. The van der Waals surface area contributed by atoms with E-state index in [0.717, 1.165) is 22.3 Å². The molecule has 1 aromatic rings. The fourth-order valence-electron chi connectivity index (χ4n) is 2.07. The molecule has 1 aromatic carbocycles. The summed E-state index contributed by atoms with van der Waals surface area (Å²) >= 11 is 0. The molecular formula is C13H17F3O. The van der Waals surface area contributed by atoms with Gasteiger partial charge in [-0.3, -0.25) is 0 Å².